The molecule has 1 unspecified atom stereocenters. The second kappa shape index (κ2) is 4.80. The lowest BCUT2D eigenvalue weighted by molar-refractivity contribution is -0.0398. The molecule has 1 fully saturated rings. The highest BCUT2D eigenvalue weighted by Crippen LogP contribution is 2.08. The molecule has 0 aromatic heterocycles. The van der Waals surface area contributed by atoms with E-state index in [1.54, 1.807) is 0 Å². The number of hydrogen-bond donors (Lipinski definition) is 1. The van der Waals surface area contributed by atoms with Crippen LogP contribution in [0.4, 0.5) is 0 Å². The van der Waals surface area contributed by atoms with Crippen LogP contribution in [-0.4, -0.2) is 48.5 Å². The molecule has 72 valence electrons. The molecule has 0 bridgehead atoms. The summed E-state index contributed by atoms with van der Waals surface area (Å²) < 4.78 is 5.52. The van der Waals surface area contributed by atoms with Crippen LogP contribution >= 0.6 is 0 Å². The molecule has 1 heterocycles. The number of morpholine rings is 1. The van der Waals surface area contributed by atoms with E-state index in [9.17, 15) is 5.11 Å². The van der Waals surface area contributed by atoms with E-state index >= 15 is 0 Å². The molecule has 1 saturated heterocycles. The van der Waals surface area contributed by atoms with Crippen LogP contribution < -0.4 is 0 Å². The molecule has 0 saturated carbocycles. The van der Waals surface area contributed by atoms with Crippen LogP contribution in [0.5, 0.6) is 0 Å². The molecule has 0 spiro atoms. The fourth-order valence-electron chi connectivity index (χ4n) is 1.57. The quantitative estimate of drug-likeness (QED) is 0.673. The molecule has 12 heavy (non-hydrogen) atoms. The van der Waals surface area contributed by atoms with Crippen molar-refractivity contribution in [1.29, 1.82) is 0 Å². The molecule has 0 aliphatic carbocycles. The van der Waals surface area contributed by atoms with Crippen molar-refractivity contribution in [2.45, 2.75) is 32.5 Å². The number of nitrogens with zero attached hydrogens (tertiary/aromatic N) is 1. The molecule has 1 rings (SSSR count). The monoisotopic (exact) mass is 173 g/mol. The molecule has 1 aliphatic heterocycles. The van der Waals surface area contributed by atoms with Crippen LogP contribution in [0.2, 0.25) is 0 Å². The van der Waals surface area contributed by atoms with E-state index in [0.29, 0.717) is 6.10 Å². The van der Waals surface area contributed by atoms with Crippen LogP contribution in [0.3, 0.4) is 0 Å². The van der Waals surface area contributed by atoms with Crippen molar-refractivity contribution in [3.05, 3.63) is 0 Å². The zero-order chi connectivity index (χ0) is 8.97. The van der Waals surface area contributed by atoms with Crippen molar-refractivity contribution < 1.29 is 9.84 Å². The van der Waals surface area contributed by atoms with Crippen LogP contribution in [0, 0.1) is 0 Å². The summed E-state index contributed by atoms with van der Waals surface area (Å²) >= 11 is 0. The first kappa shape index (κ1) is 9.96. The van der Waals surface area contributed by atoms with Crippen LogP contribution in [0.1, 0.15) is 20.3 Å². The lowest BCUT2D eigenvalue weighted by Gasteiger charge is -2.33. The third-order valence-electron chi connectivity index (χ3n) is 2.20. The Labute approximate surface area is 74.3 Å². The third-order valence-corrected chi connectivity index (χ3v) is 2.20. The Morgan fingerprint density at radius 1 is 1.67 bits per heavy atom. The maximum absolute atomic E-state index is 9.18. The minimum atomic E-state index is -0.222. The summed E-state index contributed by atoms with van der Waals surface area (Å²) in [6.45, 7) is 7.49. The van der Waals surface area contributed by atoms with Crippen molar-refractivity contribution in [2.75, 3.05) is 26.2 Å². The second-order valence-corrected chi connectivity index (χ2v) is 3.51. The zero-order valence-corrected chi connectivity index (χ0v) is 7.99. The molecule has 1 N–H and O–H groups in total. The highest BCUT2D eigenvalue weighted by atomic mass is 16.5. The topological polar surface area (TPSA) is 32.7 Å². The van der Waals surface area contributed by atoms with Crippen LogP contribution in [0.15, 0.2) is 0 Å². The van der Waals surface area contributed by atoms with Gasteiger partial charge in [0.2, 0.25) is 0 Å². The Hall–Kier alpha value is -0.120. The molecule has 0 aromatic rings. The van der Waals surface area contributed by atoms with E-state index in [2.05, 4.69) is 11.8 Å². The molecule has 0 aromatic carbocycles. The number of aliphatic hydroxyl groups is 1. The molecular weight excluding hydrogens is 154 g/mol. The Balaban J connectivity index is 2.25. The smallest absolute Gasteiger partial charge is 0.0700 e. The fourth-order valence-corrected chi connectivity index (χ4v) is 1.57. The van der Waals surface area contributed by atoms with Crippen molar-refractivity contribution in [3.63, 3.8) is 0 Å². The van der Waals surface area contributed by atoms with Gasteiger partial charge in [0.1, 0.15) is 0 Å². The summed E-state index contributed by atoms with van der Waals surface area (Å²) in [5.41, 5.74) is 0. The third kappa shape index (κ3) is 3.09. The van der Waals surface area contributed by atoms with Gasteiger partial charge < -0.3 is 9.84 Å². The predicted octanol–water partition coefficient (Wildman–Crippen LogP) is 0.478. The maximum Gasteiger partial charge on any atom is 0.0700 e. The lowest BCUT2D eigenvalue weighted by atomic mass is 10.2. The highest BCUT2D eigenvalue weighted by molar-refractivity contribution is 4.71. The van der Waals surface area contributed by atoms with Gasteiger partial charge in [0.15, 0.2) is 0 Å². The van der Waals surface area contributed by atoms with Gasteiger partial charge in [-0.1, -0.05) is 6.92 Å². The summed E-state index contributed by atoms with van der Waals surface area (Å²) in [4.78, 5) is 2.27. The van der Waals surface area contributed by atoms with Crippen molar-refractivity contribution in [3.8, 4) is 0 Å². The number of aliphatic hydroxyl groups excluding tert-OH is 1. The van der Waals surface area contributed by atoms with Gasteiger partial charge in [-0.3, -0.25) is 4.90 Å². The van der Waals surface area contributed by atoms with Crippen LogP contribution in [-0.2, 0) is 4.74 Å². The normalized spacial score (nSPS) is 28.8. The first-order valence-electron chi connectivity index (χ1n) is 4.74. The number of ether oxygens (including phenoxy) is 1. The Morgan fingerprint density at radius 2 is 2.42 bits per heavy atom. The van der Waals surface area contributed by atoms with Gasteiger partial charge >= 0.3 is 0 Å². The summed E-state index contributed by atoms with van der Waals surface area (Å²) in [7, 11) is 0. The molecular formula is C9H19NO2. The first-order valence-corrected chi connectivity index (χ1v) is 4.74. The van der Waals surface area contributed by atoms with E-state index in [4.69, 9.17) is 4.74 Å². The zero-order valence-electron chi connectivity index (χ0n) is 7.99. The van der Waals surface area contributed by atoms with Crippen molar-refractivity contribution in [2.24, 2.45) is 0 Å². The predicted molar refractivity (Wildman–Crippen MR) is 48.2 cm³/mol. The Kier molecular flexibility index (Phi) is 3.98. The standard InChI is InChI=1S/C9H19NO2/c1-3-9-7-10(4-5-12-9)6-8(2)11/h8-9,11H,3-7H2,1-2H3/t8-,9?/m0/s1. The van der Waals surface area contributed by atoms with Gasteiger partial charge in [0.05, 0.1) is 18.8 Å². The van der Waals surface area contributed by atoms with Crippen LogP contribution in [0.25, 0.3) is 0 Å². The SMILES string of the molecule is CCC1CN(C[C@H](C)O)CCO1. The molecule has 2 atom stereocenters. The van der Waals surface area contributed by atoms with Gasteiger partial charge in [-0.15, -0.1) is 0 Å². The Morgan fingerprint density at radius 3 is 3.00 bits per heavy atom. The number of β-amino-alcohol motifs (C(OH)–C–C–N with tert-alkyl or cyclic N) is 1. The largest absolute Gasteiger partial charge is 0.392 e. The lowest BCUT2D eigenvalue weighted by Crippen LogP contribution is -2.44. The van der Waals surface area contributed by atoms with Gasteiger partial charge in [0, 0.05) is 19.6 Å². The minimum Gasteiger partial charge on any atom is -0.392 e. The summed E-state index contributed by atoms with van der Waals surface area (Å²) in [6, 6.07) is 0. The second-order valence-electron chi connectivity index (χ2n) is 3.51. The fraction of sp³-hybridized carbons (Fsp3) is 1.00. The molecule has 0 amide bonds. The van der Waals surface area contributed by atoms with E-state index in [0.717, 1.165) is 32.7 Å². The summed E-state index contributed by atoms with van der Waals surface area (Å²) in [5.74, 6) is 0. The first-order chi connectivity index (χ1) is 5.72. The molecule has 1 aliphatic rings. The number of hydrogen-bond acceptors (Lipinski definition) is 3. The average molecular weight is 173 g/mol. The van der Waals surface area contributed by atoms with E-state index in [1.807, 2.05) is 6.92 Å². The van der Waals surface area contributed by atoms with Crippen molar-refractivity contribution >= 4 is 0 Å². The van der Waals surface area contributed by atoms with Gasteiger partial charge in [-0.05, 0) is 13.3 Å². The van der Waals surface area contributed by atoms with Gasteiger partial charge in [0.25, 0.3) is 0 Å². The Bertz CT molecular complexity index is 128. The van der Waals surface area contributed by atoms with E-state index in [1.165, 1.54) is 0 Å². The van der Waals surface area contributed by atoms with E-state index < -0.39 is 0 Å². The van der Waals surface area contributed by atoms with E-state index in [-0.39, 0.29) is 6.10 Å². The summed E-state index contributed by atoms with van der Waals surface area (Å²) in [6.07, 6.45) is 1.22. The van der Waals surface area contributed by atoms with Gasteiger partial charge in [-0.25, -0.2) is 0 Å². The molecule has 3 nitrogen and oxygen atoms in total. The minimum absolute atomic E-state index is 0.222. The average Bonchev–Trinajstić information content (AvgIpc) is 2.03. The van der Waals surface area contributed by atoms with Crippen molar-refractivity contribution in [1.82, 2.24) is 4.90 Å². The molecule has 3 heteroatoms. The highest BCUT2D eigenvalue weighted by Gasteiger charge is 2.19. The maximum atomic E-state index is 9.18. The van der Waals surface area contributed by atoms with Gasteiger partial charge in [-0.2, -0.15) is 0 Å². The number of rotatable bonds is 3. The summed E-state index contributed by atoms with van der Waals surface area (Å²) in [5, 5.41) is 9.18. The molecule has 0 radical (unpaired) electrons.